The van der Waals surface area contributed by atoms with Gasteiger partial charge in [-0.3, -0.25) is 4.79 Å². The molecule has 0 rings (SSSR count). The molecule has 0 aliphatic rings. The lowest BCUT2D eigenvalue weighted by atomic mass is 10.0. The van der Waals surface area contributed by atoms with Crippen molar-refractivity contribution in [1.29, 1.82) is 0 Å². The second kappa shape index (κ2) is 7.60. The van der Waals surface area contributed by atoms with Crippen LogP contribution in [0.5, 0.6) is 0 Å². The first-order valence-corrected chi connectivity index (χ1v) is 6.21. The third-order valence-electron chi connectivity index (χ3n) is 2.82. The SMILES string of the molecule is CCC(C)(C)NC(=O)N[C@H](CCCC(=O)O)C(=O)O. The Morgan fingerprint density at radius 2 is 1.79 bits per heavy atom. The number of hydrogen-bond acceptors (Lipinski definition) is 3. The molecule has 0 aliphatic heterocycles. The molecule has 0 aromatic heterocycles. The van der Waals surface area contributed by atoms with Crippen LogP contribution in [-0.2, 0) is 9.59 Å². The lowest BCUT2D eigenvalue weighted by Gasteiger charge is -2.25. The molecule has 2 amide bonds. The van der Waals surface area contributed by atoms with Gasteiger partial charge in [0.25, 0.3) is 0 Å². The third-order valence-corrected chi connectivity index (χ3v) is 2.82. The maximum atomic E-state index is 11.6. The number of carboxylic acids is 2. The molecule has 0 aromatic rings. The van der Waals surface area contributed by atoms with Gasteiger partial charge in [-0.05, 0) is 33.1 Å². The number of carbonyl (C=O) groups excluding carboxylic acids is 1. The summed E-state index contributed by atoms with van der Waals surface area (Å²) in [6, 6.07) is -1.64. The molecule has 0 aromatic carbocycles. The van der Waals surface area contributed by atoms with E-state index in [1.807, 2.05) is 20.8 Å². The quantitative estimate of drug-likeness (QED) is 0.530. The number of rotatable bonds is 8. The number of hydrogen-bond donors (Lipinski definition) is 4. The topological polar surface area (TPSA) is 116 Å². The van der Waals surface area contributed by atoms with E-state index in [0.29, 0.717) is 6.42 Å². The molecule has 7 heteroatoms. The molecule has 0 unspecified atom stereocenters. The average Bonchev–Trinajstić information content (AvgIpc) is 2.26. The molecule has 0 radical (unpaired) electrons. The van der Waals surface area contributed by atoms with E-state index in [2.05, 4.69) is 10.6 Å². The molecule has 0 bridgehead atoms. The van der Waals surface area contributed by atoms with Crippen molar-refractivity contribution in [3.63, 3.8) is 0 Å². The van der Waals surface area contributed by atoms with Crippen molar-refractivity contribution in [2.75, 3.05) is 0 Å². The fourth-order valence-electron chi connectivity index (χ4n) is 1.30. The number of urea groups is 1. The minimum Gasteiger partial charge on any atom is -0.481 e. The lowest BCUT2D eigenvalue weighted by Crippen LogP contribution is -2.52. The van der Waals surface area contributed by atoms with Crippen molar-refractivity contribution in [3.05, 3.63) is 0 Å². The second-order valence-corrected chi connectivity index (χ2v) is 5.01. The first-order chi connectivity index (χ1) is 8.68. The van der Waals surface area contributed by atoms with Crippen molar-refractivity contribution in [2.45, 2.75) is 58.0 Å². The predicted molar refractivity (Wildman–Crippen MR) is 68.9 cm³/mol. The highest BCUT2D eigenvalue weighted by Crippen LogP contribution is 2.07. The van der Waals surface area contributed by atoms with Gasteiger partial charge in [-0.25, -0.2) is 9.59 Å². The Balaban J connectivity index is 4.31. The van der Waals surface area contributed by atoms with Crippen LogP contribution in [0.1, 0.15) is 46.5 Å². The molecule has 4 N–H and O–H groups in total. The Kier molecular flexibility index (Phi) is 6.89. The maximum Gasteiger partial charge on any atom is 0.326 e. The smallest absolute Gasteiger partial charge is 0.326 e. The molecule has 1 atom stereocenters. The average molecular weight is 274 g/mol. The summed E-state index contributed by atoms with van der Waals surface area (Å²) in [4.78, 5) is 32.9. The minimum absolute atomic E-state index is 0.0849. The summed E-state index contributed by atoms with van der Waals surface area (Å²) in [5, 5.41) is 22.4. The molecule has 19 heavy (non-hydrogen) atoms. The van der Waals surface area contributed by atoms with E-state index in [-0.39, 0.29) is 19.3 Å². The molecular formula is C12H22N2O5. The molecule has 0 heterocycles. The van der Waals surface area contributed by atoms with E-state index < -0.39 is 29.6 Å². The van der Waals surface area contributed by atoms with Gasteiger partial charge < -0.3 is 20.8 Å². The van der Waals surface area contributed by atoms with E-state index >= 15 is 0 Å². The van der Waals surface area contributed by atoms with Gasteiger partial charge in [-0.1, -0.05) is 6.92 Å². The molecule has 0 aliphatic carbocycles. The highest BCUT2D eigenvalue weighted by atomic mass is 16.4. The van der Waals surface area contributed by atoms with Gasteiger partial charge in [0.2, 0.25) is 0 Å². The molecule has 0 spiro atoms. The largest absolute Gasteiger partial charge is 0.481 e. The van der Waals surface area contributed by atoms with Gasteiger partial charge in [0.05, 0.1) is 0 Å². The Labute approximate surface area is 112 Å². The predicted octanol–water partition coefficient (Wildman–Crippen LogP) is 1.18. The molecule has 7 nitrogen and oxygen atoms in total. The van der Waals surface area contributed by atoms with Gasteiger partial charge in [-0.2, -0.15) is 0 Å². The van der Waals surface area contributed by atoms with Crippen molar-refractivity contribution in [2.24, 2.45) is 0 Å². The van der Waals surface area contributed by atoms with Crippen LogP contribution in [0.15, 0.2) is 0 Å². The summed E-state index contributed by atoms with van der Waals surface area (Å²) in [5.74, 6) is -2.16. The number of amides is 2. The zero-order valence-electron chi connectivity index (χ0n) is 11.5. The van der Waals surface area contributed by atoms with E-state index in [1.165, 1.54) is 0 Å². The first-order valence-electron chi connectivity index (χ1n) is 6.21. The lowest BCUT2D eigenvalue weighted by molar-refractivity contribution is -0.140. The zero-order chi connectivity index (χ0) is 15.1. The Bertz CT molecular complexity index is 341. The van der Waals surface area contributed by atoms with Crippen LogP contribution in [0.3, 0.4) is 0 Å². The van der Waals surface area contributed by atoms with E-state index in [1.54, 1.807) is 0 Å². The van der Waals surface area contributed by atoms with Crippen LogP contribution >= 0.6 is 0 Å². The highest BCUT2D eigenvalue weighted by molar-refractivity contribution is 5.82. The number of carbonyl (C=O) groups is 3. The van der Waals surface area contributed by atoms with Gasteiger partial charge >= 0.3 is 18.0 Å². The van der Waals surface area contributed by atoms with Crippen molar-refractivity contribution >= 4 is 18.0 Å². The van der Waals surface area contributed by atoms with Crippen LogP contribution in [0.2, 0.25) is 0 Å². The van der Waals surface area contributed by atoms with E-state index in [9.17, 15) is 14.4 Å². The molecule has 110 valence electrons. The second-order valence-electron chi connectivity index (χ2n) is 5.01. The summed E-state index contributed by atoms with van der Waals surface area (Å²) in [6.45, 7) is 5.56. The first kappa shape index (κ1) is 17.2. The van der Waals surface area contributed by atoms with Crippen LogP contribution in [0.25, 0.3) is 0 Å². The minimum atomic E-state index is -1.17. The van der Waals surface area contributed by atoms with Crippen molar-refractivity contribution in [3.8, 4) is 0 Å². The number of nitrogens with one attached hydrogen (secondary N) is 2. The van der Waals surface area contributed by atoms with Crippen LogP contribution in [0, 0.1) is 0 Å². The Hall–Kier alpha value is -1.79. The Morgan fingerprint density at radius 3 is 2.21 bits per heavy atom. The summed E-state index contributed by atoms with van der Waals surface area (Å²) < 4.78 is 0. The number of carboxylic acid groups (broad SMARTS) is 2. The van der Waals surface area contributed by atoms with Crippen LogP contribution in [-0.4, -0.2) is 39.8 Å². The van der Waals surface area contributed by atoms with E-state index in [0.717, 1.165) is 0 Å². The van der Waals surface area contributed by atoms with Gasteiger partial charge in [0.15, 0.2) is 0 Å². The molecule has 0 fully saturated rings. The standard InChI is InChI=1S/C12H22N2O5/c1-4-12(2,3)14-11(19)13-8(10(17)18)6-5-7-9(15)16/h8H,4-7H2,1-3H3,(H,15,16)(H,17,18)(H2,13,14,19)/t8-/m1/s1. The maximum absolute atomic E-state index is 11.6. The fraction of sp³-hybridized carbons (Fsp3) is 0.750. The van der Waals surface area contributed by atoms with Crippen LogP contribution < -0.4 is 10.6 Å². The van der Waals surface area contributed by atoms with Gasteiger partial charge in [-0.15, -0.1) is 0 Å². The zero-order valence-corrected chi connectivity index (χ0v) is 11.5. The van der Waals surface area contributed by atoms with Crippen LogP contribution in [0.4, 0.5) is 4.79 Å². The number of aliphatic carboxylic acids is 2. The summed E-state index contributed by atoms with van der Waals surface area (Å²) in [7, 11) is 0. The highest BCUT2D eigenvalue weighted by Gasteiger charge is 2.23. The Morgan fingerprint density at radius 1 is 1.21 bits per heavy atom. The molecular weight excluding hydrogens is 252 g/mol. The van der Waals surface area contributed by atoms with Gasteiger partial charge in [0, 0.05) is 12.0 Å². The summed E-state index contributed by atoms with van der Waals surface area (Å²) in [5.41, 5.74) is -0.422. The normalized spacial score (nSPS) is 12.6. The summed E-state index contributed by atoms with van der Waals surface area (Å²) in [6.07, 6.45) is 0.871. The summed E-state index contributed by atoms with van der Waals surface area (Å²) >= 11 is 0. The monoisotopic (exact) mass is 274 g/mol. The van der Waals surface area contributed by atoms with Crippen molar-refractivity contribution in [1.82, 2.24) is 10.6 Å². The van der Waals surface area contributed by atoms with Gasteiger partial charge in [0.1, 0.15) is 6.04 Å². The molecule has 0 saturated heterocycles. The fourth-order valence-corrected chi connectivity index (χ4v) is 1.30. The third kappa shape index (κ3) is 8.01. The van der Waals surface area contributed by atoms with Crippen molar-refractivity contribution < 1.29 is 24.6 Å². The molecule has 0 saturated carbocycles. The van der Waals surface area contributed by atoms with E-state index in [4.69, 9.17) is 10.2 Å².